The molecule has 1 aliphatic rings. The molecule has 5 amide bonds. The highest BCUT2D eigenvalue weighted by molar-refractivity contribution is 5.96. The number of nitrogens with zero attached hydrogens (tertiary/aromatic N) is 2. The topological polar surface area (TPSA) is 282 Å². The van der Waals surface area contributed by atoms with E-state index in [1.165, 1.54) is 41.3 Å². The summed E-state index contributed by atoms with van der Waals surface area (Å²) in [6.07, 6.45) is 2.58. The quantitative estimate of drug-likeness (QED) is 0.0532. The molecular weight excluding hydrogens is 634 g/mol. The van der Waals surface area contributed by atoms with Crippen molar-refractivity contribution in [1.29, 1.82) is 0 Å². The molecule has 4 atom stereocenters. The summed E-state index contributed by atoms with van der Waals surface area (Å²) in [4.78, 5) is 71.6. The van der Waals surface area contributed by atoms with Crippen LogP contribution in [0, 0.1) is 0 Å². The lowest BCUT2D eigenvalue weighted by Gasteiger charge is -2.30. The Morgan fingerprint density at radius 3 is 2.08 bits per heavy atom. The van der Waals surface area contributed by atoms with Crippen LogP contribution >= 0.6 is 0 Å². The summed E-state index contributed by atoms with van der Waals surface area (Å²) in [7, 11) is 0. The molecule has 16 nitrogen and oxygen atoms in total. The molecule has 1 heterocycles. The highest BCUT2D eigenvalue weighted by Gasteiger charge is 2.39. The minimum absolute atomic E-state index is 0.0323. The summed E-state index contributed by atoms with van der Waals surface area (Å²) < 4.78 is 0. The van der Waals surface area contributed by atoms with Crippen molar-refractivity contribution in [2.45, 2.75) is 75.5 Å². The number of likely N-dealkylation sites (tertiary alicyclic amines) is 1. The van der Waals surface area contributed by atoms with Crippen LogP contribution in [-0.2, 0) is 30.4 Å². The third kappa shape index (κ3) is 12.0. The highest BCUT2D eigenvalue weighted by atomic mass is 16.3. The molecule has 2 aromatic rings. The number of unbranched alkanes of at least 4 members (excludes halogenated alkanes) is 1. The van der Waals surface area contributed by atoms with E-state index in [-0.39, 0.29) is 49.8 Å². The molecule has 0 radical (unpaired) electrons. The molecule has 1 aliphatic heterocycles. The van der Waals surface area contributed by atoms with Gasteiger partial charge >= 0.3 is 0 Å². The zero-order valence-corrected chi connectivity index (χ0v) is 27.3. The molecule has 49 heavy (non-hydrogen) atoms. The van der Waals surface area contributed by atoms with Crippen LogP contribution < -0.4 is 38.9 Å². The molecule has 16 heteroatoms. The van der Waals surface area contributed by atoms with Crippen LogP contribution in [0.3, 0.4) is 0 Å². The number of hydrogen-bond acceptors (Lipinski definition) is 9. The van der Waals surface area contributed by atoms with E-state index in [1.54, 1.807) is 12.1 Å². The molecule has 0 aromatic heterocycles. The monoisotopic (exact) mass is 681 g/mol. The zero-order chi connectivity index (χ0) is 35.9. The van der Waals surface area contributed by atoms with Crippen molar-refractivity contribution >= 4 is 35.5 Å². The van der Waals surface area contributed by atoms with Gasteiger partial charge in [0, 0.05) is 13.1 Å². The number of rotatable bonds is 18. The lowest BCUT2D eigenvalue weighted by Crippen LogP contribution is -2.56. The van der Waals surface area contributed by atoms with Crippen molar-refractivity contribution in [3.8, 4) is 11.5 Å². The lowest BCUT2D eigenvalue weighted by atomic mass is 10.0. The number of phenolic OH excluding ortho intramolecular Hbond substituents is 2. The van der Waals surface area contributed by atoms with Gasteiger partial charge in [0.05, 0.1) is 6.42 Å². The minimum atomic E-state index is -1.18. The number of guanidine groups is 1. The van der Waals surface area contributed by atoms with Crippen LogP contribution in [0.1, 0.15) is 62.1 Å². The predicted molar refractivity (Wildman–Crippen MR) is 181 cm³/mol. The maximum atomic E-state index is 14.1. The van der Waals surface area contributed by atoms with Gasteiger partial charge in [0.2, 0.25) is 29.5 Å². The fourth-order valence-electron chi connectivity index (χ4n) is 5.53. The first-order valence-corrected chi connectivity index (χ1v) is 16.2. The summed E-state index contributed by atoms with van der Waals surface area (Å²) in [5.74, 6) is -3.05. The number of benzene rings is 2. The summed E-state index contributed by atoms with van der Waals surface area (Å²) in [5, 5.41) is 27.5. The average molecular weight is 682 g/mol. The molecule has 3 rings (SSSR count). The van der Waals surface area contributed by atoms with Crippen LogP contribution in [0.15, 0.2) is 53.5 Å². The number of carbonyl (C=O) groups excluding carboxylic acids is 5. The fourth-order valence-corrected chi connectivity index (χ4v) is 5.53. The maximum absolute atomic E-state index is 14.1. The Hall–Kier alpha value is -5.38. The molecule has 266 valence electrons. The number of primary amides is 1. The summed E-state index contributed by atoms with van der Waals surface area (Å²) in [6.45, 7) is 0.828. The lowest BCUT2D eigenvalue weighted by molar-refractivity contribution is -0.142. The van der Waals surface area contributed by atoms with Crippen molar-refractivity contribution in [2.75, 3.05) is 19.6 Å². The highest BCUT2D eigenvalue weighted by Crippen LogP contribution is 2.26. The van der Waals surface area contributed by atoms with E-state index >= 15 is 0 Å². The van der Waals surface area contributed by atoms with Crippen LogP contribution in [0.5, 0.6) is 11.5 Å². The fraction of sp³-hybridized carbons (Fsp3) is 0.455. The van der Waals surface area contributed by atoms with E-state index in [1.807, 2.05) is 0 Å². The second-order valence-electron chi connectivity index (χ2n) is 11.9. The van der Waals surface area contributed by atoms with E-state index in [0.717, 1.165) is 0 Å². The van der Waals surface area contributed by atoms with Gasteiger partial charge in [-0.3, -0.25) is 29.0 Å². The van der Waals surface area contributed by atoms with Gasteiger partial charge in [-0.25, -0.2) is 0 Å². The number of nitrogens with one attached hydrogen (secondary N) is 3. The normalized spacial score (nSPS) is 15.8. The first-order valence-electron chi connectivity index (χ1n) is 16.2. The number of carbonyl (C=O) groups is 5. The molecule has 1 fully saturated rings. The number of nitrogens with two attached hydrogens (primary N) is 4. The Bertz CT molecular complexity index is 1460. The smallest absolute Gasteiger partial charge is 0.250 e. The molecule has 0 unspecified atom stereocenters. The van der Waals surface area contributed by atoms with Crippen molar-refractivity contribution < 1.29 is 34.2 Å². The van der Waals surface area contributed by atoms with E-state index in [2.05, 4.69) is 20.9 Å². The van der Waals surface area contributed by atoms with Crippen LogP contribution in [-0.4, -0.2) is 88.4 Å². The number of aliphatic imine (C=N–C) groups is 1. The Balaban J connectivity index is 1.76. The van der Waals surface area contributed by atoms with Gasteiger partial charge in [-0.05, 0) is 86.9 Å². The molecule has 13 N–H and O–H groups in total. The SMILES string of the molecule is NCCCC[C@H](NC(=O)[C@@H]1CCCN1C(=O)[C@H](NC(=O)Cc1ccc(O)cc1)c1ccc(O)cc1)C(=O)N[C@@H](CCCN=C(N)N)C(N)=O. The summed E-state index contributed by atoms with van der Waals surface area (Å²) >= 11 is 0. The first-order chi connectivity index (χ1) is 23.4. The standard InChI is InChI=1S/C33H47N9O7/c34-16-2-1-5-25(30(47)39-24(29(35)46)6-3-17-38-33(36)37)40-31(48)26-7-4-18-42(26)32(49)28(21-10-14-23(44)15-11-21)41-27(45)19-20-8-12-22(43)13-9-20/h8-15,24-26,28,43-44H,1-7,16-19,34H2,(H2,35,46)(H,39,47)(H,40,48)(H,41,45)(H4,36,37,38)/t24-,25-,26-,28+/m0/s1. The largest absolute Gasteiger partial charge is 0.508 e. The van der Waals surface area contributed by atoms with Crippen molar-refractivity contribution in [3.05, 3.63) is 59.7 Å². The zero-order valence-electron chi connectivity index (χ0n) is 27.3. The van der Waals surface area contributed by atoms with E-state index < -0.39 is 53.7 Å². The van der Waals surface area contributed by atoms with Crippen LogP contribution in [0.25, 0.3) is 0 Å². The first kappa shape index (κ1) is 38.1. The third-order valence-corrected chi connectivity index (χ3v) is 8.10. The van der Waals surface area contributed by atoms with Crippen molar-refractivity contribution in [2.24, 2.45) is 27.9 Å². The minimum Gasteiger partial charge on any atom is -0.508 e. The van der Waals surface area contributed by atoms with Crippen molar-refractivity contribution in [3.63, 3.8) is 0 Å². The van der Waals surface area contributed by atoms with Gasteiger partial charge in [0.15, 0.2) is 5.96 Å². The third-order valence-electron chi connectivity index (χ3n) is 8.10. The summed E-state index contributed by atoms with van der Waals surface area (Å²) in [5.41, 5.74) is 22.8. The van der Waals surface area contributed by atoms with Gasteiger partial charge in [-0.15, -0.1) is 0 Å². The molecule has 0 bridgehead atoms. The Kier molecular flexibility index (Phi) is 14.6. The number of aromatic hydroxyl groups is 2. The second kappa shape index (κ2) is 18.8. The van der Waals surface area contributed by atoms with Crippen molar-refractivity contribution in [1.82, 2.24) is 20.9 Å². The second-order valence-corrected chi connectivity index (χ2v) is 11.9. The van der Waals surface area contributed by atoms with Gasteiger partial charge < -0.3 is 54.0 Å². The molecule has 1 saturated heterocycles. The van der Waals surface area contributed by atoms with Gasteiger partial charge in [0.1, 0.15) is 35.7 Å². The van der Waals surface area contributed by atoms with E-state index in [4.69, 9.17) is 22.9 Å². The van der Waals surface area contributed by atoms with Crippen LogP contribution in [0.4, 0.5) is 0 Å². The van der Waals surface area contributed by atoms with Gasteiger partial charge in [-0.1, -0.05) is 24.3 Å². The molecule has 0 spiro atoms. The Morgan fingerprint density at radius 2 is 1.47 bits per heavy atom. The van der Waals surface area contributed by atoms with E-state index in [9.17, 15) is 34.2 Å². The van der Waals surface area contributed by atoms with Gasteiger partial charge in [-0.2, -0.15) is 0 Å². The predicted octanol–water partition coefficient (Wildman–Crippen LogP) is -0.874. The molecule has 2 aromatic carbocycles. The maximum Gasteiger partial charge on any atom is 0.250 e. The Morgan fingerprint density at radius 1 is 0.837 bits per heavy atom. The molecular formula is C33H47N9O7. The Labute approximate surface area is 284 Å². The molecule has 0 aliphatic carbocycles. The summed E-state index contributed by atoms with van der Waals surface area (Å²) in [6, 6.07) is 7.66. The molecule has 0 saturated carbocycles. The van der Waals surface area contributed by atoms with E-state index in [0.29, 0.717) is 49.8 Å². The average Bonchev–Trinajstić information content (AvgIpc) is 3.56. The number of phenols is 2. The van der Waals surface area contributed by atoms with Crippen LogP contribution in [0.2, 0.25) is 0 Å². The number of hydrogen-bond donors (Lipinski definition) is 9. The number of amides is 5. The van der Waals surface area contributed by atoms with Gasteiger partial charge in [0.25, 0.3) is 0 Å².